The molecule has 17 heavy (non-hydrogen) atoms. The van der Waals surface area contributed by atoms with Crippen molar-refractivity contribution in [3.8, 4) is 0 Å². The molecule has 0 bridgehead atoms. The number of rotatable bonds is 6. The molecule has 96 valence electrons. The zero-order valence-electron chi connectivity index (χ0n) is 10.6. The van der Waals surface area contributed by atoms with Crippen molar-refractivity contribution in [3.05, 3.63) is 11.9 Å². The highest BCUT2D eigenvalue weighted by atomic mass is 16.5. The zero-order valence-corrected chi connectivity index (χ0v) is 10.6. The van der Waals surface area contributed by atoms with Crippen LogP contribution in [0.3, 0.4) is 0 Å². The number of ether oxygens (including phenoxy) is 1. The van der Waals surface area contributed by atoms with Crippen molar-refractivity contribution in [2.45, 2.75) is 57.3 Å². The van der Waals surface area contributed by atoms with Gasteiger partial charge in [-0.15, -0.1) is 5.10 Å². The summed E-state index contributed by atoms with van der Waals surface area (Å²) in [4.78, 5) is 0. The molecule has 1 atom stereocenters. The summed E-state index contributed by atoms with van der Waals surface area (Å²) < 4.78 is 7.32. The maximum absolute atomic E-state index is 10.3. The molecule has 1 heterocycles. The minimum absolute atomic E-state index is 0.124. The molecule has 0 aromatic carbocycles. The molecule has 2 rings (SSSR count). The third-order valence-corrected chi connectivity index (χ3v) is 3.69. The van der Waals surface area contributed by atoms with Gasteiger partial charge in [0.15, 0.2) is 0 Å². The van der Waals surface area contributed by atoms with Gasteiger partial charge in [0.2, 0.25) is 0 Å². The van der Waals surface area contributed by atoms with Gasteiger partial charge < -0.3 is 9.84 Å². The Balaban J connectivity index is 2.03. The second-order valence-corrected chi connectivity index (χ2v) is 4.84. The number of nitrogens with zero attached hydrogens (tertiary/aromatic N) is 3. The van der Waals surface area contributed by atoms with E-state index in [2.05, 4.69) is 17.2 Å². The Labute approximate surface area is 102 Å². The maximum atomic E-state index is 10.3. The van der Waals surface area contributed by atoms with Crippen LogP contribution in [0.1, 0.15) is 50.8 Å². The van der Waals surface area contributed by atoms with Gasteiger partial charge in [0.1, 0.15) is 6.10 Å². The molecule has 5 nitrogen and oxygen atoms in total. The molecule has 5 heteroatoms. The highest BCUT2D eigenvalue weighted by Crippen LogP contribution is 2.41. The van der Waals surface area contributed by atoms with E-state index in [1.807, 2.05) is 0 Å². The molecule has 1 aliphatic carbocycles. The molecule has 0 amide bonds. The van der Waals surface area contributed by atoms with Crippen LogP contribution in [-0.4, -0.2) is 32.8 Å². The molecule has 1 aromatic rings. The van der Waals surface area contributed by atoms with E-state index in [4.69, 9.17) is 4.74 Å². The topological polar surface area (TPSA) is 60.2 Å². The predicted octanol–water partition coefficient (Wildman–Crippen LogP) is 1.68. The van der Waals surface area contributed by atoms with Crippen molar-refractivity contribution >= 4 is 0 Å². The molecule has 0 spiro atoms. The first-order valence-electron chi connectivity index (χ1n) is 6.32. The van der Waals surface area contributed by atoms with Gasteiger partial charge in [-0.2, -0.15) is 0 Å². The van der Waals surface area contributed by atoms with Crippen LogP contribution < -0.4 is 0 Å². The summed E-state index contributed by atoms with van der Waals surface area (Å²) in [6.45, 7) is 2.88. The number of methoxy groups -OCH3 is 1. The van der Waals surface area contributed by atoms with Gasteiger partial charge in [-0.1, -0.05) is 12.1 Å². The molecule has 1 unspecified atom stereocenters. The number of hydrogen-bond acceptors (Lipinski definition) is 4. The smallest absolute Gasteiger partial charge is 0.100 e. The first-order chi connectivity index (χ1) is 8.21. The van der Waals surface area contributed by atoms with Crippen LogP contribution in [0.5, 0.6) is 0 Å². The predicted molar refractivity (Wildman–Crippen MR) is 63.5 cm³/mol. The van der Waals surface area contributed by atoms with Crippen LogP contribution in [0.15, 0.2) is 6.20 Å². The first kappa shape index (κ1) is 12.5. The Morgan fingerprint density at radius 1 is 1.59 bits per heavy atom. The monoisotopic (exact) mass is 239 g/mol. The molecular weight excluding hydrogens is 218 g/mol. The van der Waals surface area contributed by atoms with Gasteiger partial charge in [0.25, 0.3) is 0 Å². The fourth-order valence-electron chi connectivity index (χ4n) is 2.43. The lowest BCUT2D eigenvalue weighted by Gasteiger charge is -2.41. The molecule has 1 aromatic heterocycles. The van der Waals surface area contributed by atoms with Crippen LogP contribution in [0.2, 0.25) is 0 Å². The summed E-state index contributed by atoms with van der Waals surface area (Å²) in [6.07, 6.45) is 6.01. The molecule has 1 fully saturated rings. The van der Waals surface area contributed by atoms with Crippen LogP contribution in [0.25, 0.3) is 0 Å². The molecule has 0 aliphatic heterocycles. The van der Waals surface area contributed by atoms with E-state index in [9.17, 15) is 5.11 Å². The Kier molecular flexibility index (Phi) is 3.79. The van der Waals surface area contributed by atoms with E-state index in [0.717, 1.165) is 31.5 Å². The van der Waals surface area contributed by atoms with Crippen molar-refractivity contribution < 1.29 is 9.84 Å². The molecule has 1 N–H and O–H groups in total. The minimum atomic E-state index is -0.531. The SMILES string of the molecule is CCCn1nncc1C(O)CC1(OC)CCC1. The number of hydrogen-bond donors (Lipinski definition) is 1. The largest absolute Gasteiger partial charge is 0.387 e. The van der Waals surface area contributed by atoms with Gasteiger partial charge in [-0.25, -0.2) is 4.68 Å². The number of aliphatic hydroxyl groups excluding tert-OH is 1. The average molecular weight is 239 g/mol. The normalized spacial score (nSPS) is 19.9. The zero-order chi connectivity index (χ0) is 12.3. The van der Waals surface area contributed by atoms with Crippen molar-refractivity contribution in [3.63, 3.8) is 0 Å². The van der Waals surface area contributed by atoms with Crippen molar-refractivity contribution in [1.29, 1.82) is 0 Å². The quantitative estimate of drug-likeness (QED) is 0.820. The summed E-state index contributed by atoms with van der Waals surface area (Å²) in [5, 5.41) is 18.1. The standard InChI is InChI=1S/C12H21N3O2/c1-3-7-15-10(9-13-14-15)11(16)8-12(17-2)5-4-6-12/h9,11,16H,3-8H2,1-2H3. The van der Waals surface area contributed by atoms with Gasteiger partial charge in [0, 0.05) is 20.1 Å². The van der Waals surface area contributed by atoms with E-state index in [1.54, 1.807) is 18.0 Å². The van der Waals surface area contributed by atoms with Crippen LogP contribution in [0.4, 0.5) is 0 Å². The third kappa shape index (κ3) is 2.50. The lowest BCUT2D eigenvalue weighted by atomic mass is 9.76. The number of aromatic nitrogens is 3. The highest BCUT2D eigenvalue weighted by Gasteiger charge is 2.39. The van der Waals surface area contributed by atoms with Crippen molar-refractivity contribution in [1.82, 2.24) is 15.0 Å². The Morgan fingerprint density at radius 2 is 2.35 bits per heavy atom. The summed E-state index contributed by atoms with van der Waals surface area (Å²) in [5.41, 5.74) is 0.677. The van der Waals surface area contributed by atoms with E-state index < -0.39 is 6.10 Å². The Hall–Kier alpha value is -0.940. The summed E-state index contributed by atoms with van der Waals surface area (Å²) in [6, 6.07) is 0. The molecular formula is C12H21N3O2. The van der Waals surface area contributed by atoms with Crippen LogP contribution >= 0.6 is 0 Å². The van der Waals surface area contributed by atoms with E-state index >= 15 is 0 Å². The van der Waals surface area contributed by atoms with Crippen LogP contribution in [-0.2, 0) is 11.3 Å². The number of aryl methyl sites for hydroxylation is 1. The van der Waals surface area contributed by atoms with Gasteiger partial charge in [-0.3, -0.25) is 0 Å². The second-order valence-electron chi connectivity index (χ2n) is 4.84. The summed E-state index contributed by atoms with van der Waals surface area (Å²) in [5.74, 6) is 0. The van der Waals surface area contributed by atoms with E-state index in [1.165, 1.54) is 6.42 Å². The fraction of sp³-hybridized carbons (Fsp3) is 0.833. The number of aliphatic hydroxyl groups is 1. The van der Waals surface area contributed by atoms with E-state index in [-0.39, 0.29) is 5.60 Å². The van der Waals surface area contributed by atoms with Gasteiger partial charge in [-0.05, 0) is 25.7 Å². The maximum Gasteiger partial charge on any atom is 0.100 e. The average Bonchev–Trinajstić information content (AvgIpc) is 2.72. The van der Waals surface area contributed by atoms with Crippen LogP contribution in [0, 0.1) is 0 Å². The lowest BCUT2D eigenvalue weighted by molar-refractivity contribution is -0.101. The van der Waals surface area contributed by atoms with Gasteiger partial charge in [0.05, 0.1) is 17.5 Å². The molecule has 0 radical (unpaired) electrons. The molecule has 1 aliphatic rings. The summed E-state index contributed by atoms with van der Waals surface area (Å²) in [7, 11) is 1.73. The molecule has 0 saturated heterocycles. The third-order valence-electron chi connectivity index (χ3n) is 3.69. The lowest BCUT2D eigenvalue weighted by Crippen LogP contribution is -2.40. The first-order valence-corrected chi connectivity index (χ1v) is 6.32. The Morgan fingerprint density at radius 3 is 2.88 bits per heavy atom. The molecule has 1 saturated carbocycles. The fourth-order valence-corrected chi connectivity index (χ4v) is 2.43. The minimum Gasteiger partial charge on any atom is -0.387 e. The van der Waals surface area contributed by atoms with Gasteiger partial charge >= 0.3 is 0 Å². The Bertz CT molecular complexity index is 355. The van der Waals surface area contributed by atoms with Crippen molar-refractivity contribution in [2.75, 3.05) is 7.11 Å². The highest BCUT2D eigenvalue weighted by molar-refractivity contribution is 5.03. The second kappa shape index (κ2) is 5.14. The van der Waals surface area contributed by atoms with Crippen molar-refractivity contribution in [2.24, 2.45) is 0 Å². The summed E-state index contributed by atoms with van der Waals surface area (Å²) >= 11 is 0. The van der Waals surface area contributed by atoms with E-state index in [0.29, 0.717) is 6.42 Å².